The van der Waals surface area contributed by atoms with E-state index in [-0.39, 0.29) is 35.2 Å². The van der Waals surface area contributed by atoms with Crippen molar-refractivity contribution in [3.8, 4) is 0 Å². The maximum atomic E-state index is 13.8. The highest BCUT2D eigenvalue weighted by molar-refractivity contribution is 7.89. The lowest BCUT2D eigenvalue weighted by Gasteiger charge is -2.27. The molecule has 1 aromatic rings. The molecule has 4 nitrogen and oxygen atoms in total. The first-order valence-corrected chi connectivity index (χ1v) is 8.86. The Labute approximate surface area is 137 Å². The zero-order valence-corrected chi connectivity index (χ0v) is 14.4. The van der Waals surface area contributed by atoms with Gasteiger partial charge >= 0.3 is 0 Å². The van der Waals surface area contributed by atoms with Gasteiger partial charge in [-0.3, -0.25) is 0 Å². The van der Waals surface area contributed by atoms with Gasteiger partial charge in [0.05, 0.1) is 4.90 Å². The Kier molecular flexibility index (Phi) is 5.16. The van der Waals surface area contributed by atoms with Crippen LogP contribution in [0, 0.1) is 19.7 Å². The van der Waals surface area contributed by atoms with E-state index >= 15 is 0 Å². The number of hydrogen-bond acceptors (Lipinski definition) is 3. The van der Waals surface area contributed by atoms with Crippen molar-refractivity contribution in [2.24, 2.45) is 0 Å². The molecule has 0 saturated carbocycles. The second kappa shape index (κ2) is 6.43. The Bertz CT molecular complexity index is 629. The van der Waals surface area contributed by atoms with Gasteiger partial charge in [-0.05, 0) is 62.9 Å². The van der Waals surface area contributed by atoms with Gasteiger partial charge in [0.1, 0.15) is 5.82 Å². The molecule has 1 N–H and O–H groups in total. The Hall–Kier alpha value is -0.690. The fraction of sp³-hybridized carbons (Fsp3) is 0.600. The topological polar surface area (TPSA) is 49.4 Å². The van der Waals surface area contributed by atoms with Crippen molar-refractivity contribution in [2.75, 3.05) is 13.1 Å². The van der Waals surface area contributed by atoms with Gasteiger partial charge in [0.2, 0.25) is 10.0 Å². The van der Waals surface area contributed by atoms with E-state index in [0.29, 0.717) is 17.7 Å². The van der Waals surface area contributed by atoms with Crippen molar-refractivity contribution in [3.05, 3.63) is 29.1 Å². The third-order valence-corrected chi connectivity index (χ3v) is 6.56. The molecule has 2 unspecified atom stereocenters. The van der Waals surface area contributed by atoms with Crippen LogP contribution in [0.25, 0.3) is 0 Å². The van der Waals surface area contributed by atoms with E-state index in [1.54, 1.807) is 18.2 Å². The second-order valence-electron chi connectivity index (χ2n) is 6.08. The largest absolute Gasteiger partial charge is 0.315 e. The number of sulfonamides is 1. The van der Waals surface area contributed by atoms with Crippen LogP contribution < -0.4 is 5.32 Å². The van der Waals surface area contributed by atoms with Crippen LogP contribution in [0.5, 0.6) is 0 Å². The van der Waals surface area contributed by atoms with Crippen molar-refractivity contribution in [1.29, 1.82) is 0 Å². The lowest BCUT2D eigenvalue weighted by atomic mass is 10.1. The van der Waals surface area contributed by atoms with Crippen molar-refractivity contribution in [2.45, 2.75) is 50.1 Å². The second-order valence-corrected chi connectivity index (χ2v) is 7.93. The summed E-state index contributed by atoms with van der Waals surface area (Å²) in [6, 6.07) is 3.00. The molecule has 124 valence electrons. The lowest BCUT2D eigenvalue weighted by molar-refractivity contribution is 0.334. The van der Waals surface area contributed by atoms with Crippen molar-refractivity contribution in [3.63, 3.8) is 0 Å². The molecule has 0 spiro atoms. The molecular formula is C15H22ClFN2O2S. The molecule has 0 aliphatic carbocycles. The third-order valence-electron chi connectivity index (χ3n) is 4.57. The summed E-state index contributed by atoms with van der Waals surface area (Å²) in [5.74, 6) is -0.325. The molecule has 0 radical (unpaired) electrons. The van der Waals surface area contributed by atoms with E-state index in [0.717, 1.165) is 25.8 Å². The summed E-state index contributed by atoms with van der Waals surface area (Å²) in [6.07, 6.45) is 2.66. The predicted octanol–water partition coefficient (Wildman–Crippen LogP) is 2.38. The number of rotatable bonds is 2. The van der Waals surface area contributed by atoms with Gasteiger partial charge < -0.3 is 5.32 Å². The van der Waals surface area contributed by atoms with Crippen LogP contribution >= 0.6 is 12.4 Å². The average Bonchev–Trinajstić information content (AvgIpc) is 2.69. The third kappa shape index (κ3) is 2.89. The minimum atomic E-state index is -3.56. The maximum Gasteiger partial charge on any atom is 0.243 e. The van der Waals surface area contributed by atoms with Crippen molar-refractivity contribution in [1.82, 2.24) is 9.62 Å². The molecule has 3 rings (SSSR count). The van der Waals surface area contributed by atoms with E-state index in [2.05, 4.69) is 5.32 Å². The van der Waals surface area contributed by atoms with Crippen LogP contribution in [0.1, 0.15) is 30.4 Å². The van der Waals surface area contributed by atoms with E-state index in [1.807, 2.05) is 0 Å². The first-order chi connectivity index (χ1) is 9.91. The Morgan fingerprint density at radius 2 is 1.73 bits per heavy atom. The fourth-order valence-corrected chi connectivity index (χ4v) is 5.58. The smallest absolute Gasteiger partial charge is 0.243 e. The first-order valence-electron chi connectivity index (χ1n) is 7.42. The summed E-state index contributed by atoms with van der Waals surface area (Å²) in [4.78, 5) is 0.220. The lowest BCUT2D eigenvalue weighted by Crippen LogP contribution is -2.42. The summed E-state index contributed by atoms with van der Waals surface area (Å²) in [5, 5.41) is 3.30. The van der Waals surface area contributed by atoms with Crippen LogP contribution in [0.3, 0.4) is 0 Å². The minimum Gasteiger partial charge on any atom is -0.315 e. The van der Waals surface area contributed by atoms with E-state index in [9.17, 15) is 12.8 Å². The molecule has 1 aromatic carbocycles. The summed E-state index contributed by atoms with van der Waals surface area (Å²) in [5.41, 5.74) is 0.766. The van der Waals surface area contributed by atoms with Gasteiger partial charge in [0, 0.05) is 18.6 Å². The normalized spacial score (nSPS) is 25.6. The predicted molar refractivity (Wildman–Crippen MR) is 86.4 cm³/mol. The summed E-state index contributed by atoms with van der Waals surface area (Å²) in [6.45, 7) is 4.78. The summed E-state index contributed by atoms with van der Waals surface area (Å²) >= 11 is 0. The highest BCUT2D eigenvalue weighted by atomic mass is 35.5. The zero-order valence-electron chi connectivity index (χ0n) is 12.8. The van der Waals surface area contributed by atoms with Crippen LogP contribution in [0.4, 0.5) is 4.39 Å². The van der Waals surface area contributed by atoms with Crippen LogP contribution in [0.2, 0.25) is 0 Å². The number of benzene rings is 1. The average molecular weight is 349 g/mol. The van der Waals surface area contributed by atoms with Gasteiger partial charge in [0.25, 0.3) is 0 Å². The number of nitrogens with one attached hydrogen (secondary N) is 1. The number of hydrogen-bond donors (Lipinski definition) is 1. The molecule has 2 bridgehead atoms. The Morgan fingerprint density at radius 3 is 2.36 bits per heavy atom. The molecule has 22 heavy (non-hydrogen) atoms. The Morgan fingerprint density at radius 1 is 1.14 bits per heavy atom. The molecule has 2 fully saturated rings. The number of aryl methyl sites for hydroxylation is 2. The Balaban J connectivity index is 0.00000176. The van der Waals surface area contributed by atoms with Crippen molar-refractivity contribution >= 4 is 22.4 Å². The van der Waals surface area contributed by atoms with E-state index in [1.165, 1.54) is 12.1 Å². The molecule has 2 heterocycles. The quantitative estimate of drug-likeness (QED) is 0.892. The summed E-state index contributed by atoms with van der Waals surface area (Å²) in [7, 11) is -3.56. The van der Waals surface area contributed by atoms with Crippen LogP contribution in [-0.2, 0) is 10.0 Å². The molecule has 2 saturated heterocycles. The van der Waals surface area contributed by atoms with Gasteiger partial charge in [-0.2, -0.15) is 4.31 Å². The highest BCUT2D eigenvalue weighted by Crippen LogP contribution is 2.34. The highest BCUT2D eigenvalue weighted by Gasteiger charge is 2.43. The van der Waals surface area contributed by atoms with Gasteiger partial charge in [-0.15, -0.1) is 12.4 Å². The molecule has 0 aromatic heterocycles. The fourth-order valence-electron chi connectivity index (χ4n) is 3.51. The molecule has 0 amide bonds. The molecule has 2 atom stereocenters. The van der Waals surface area contributed by atoms with Gasteiger partial charge in [-0.25, -0.2) is 12.8 Å². The van der Waals surface area contributed by atoms with E-state index in [4.69, 9.17) is 0 Å². The van der Waals surface area contributed by atoms with Gasteiger partial charge in [-0.1, -0.05) is 0 Å². The monoisotopic (exact) mass is 348 g/mol. The molecule has 2 aliphatic rings. The maximum absolute atomic E-state index is 13.8. The SMILES string of the molecule is Cc1cc(S(=O)(=O)N2C3CCNCC2CC3)cc(C)c1F.Cl. The molecule has 7 heteroatoms. The number of nitrogens with zero attached hydrogens (tertiary/aromatic N) is 1. The van der Waals surface area contributed by atoms with Gasteiger partial charge in [0.15, 0.2) is 0 Å². The summed E-state index contributed by atoms with van der Waals surface area (Å²) < 4.78 is 41.4. The molecular weight excluding hydrogens is 327 g/mol. The zero-order chi connectivity index (χ0) is 15.2. The number of fused-ring (bicyclic) bond motifs is 2. The number of halogens is 2. The van der Waals surface area contributed by atoms with Crippen LogP contribution in [0.15, 0.2) is 17.0 Å². The van der Waals surface area contributed by atoms with Crippen LogP contribution in [-0.4, -0.2) is 37.9 Å². The van der Waals surface area contributed by atoms with E-state index < -0.39 is 10.0 Å². The standard InChI is InChI=1S/C15H21FN2O2S.ClH/c1-10-7-14(8-11(2)15(10)16)21(19,20)18-12-3-4-13(18)9-17-6-5-12;/h7-8,12-13,17H,3-6,9H2,1-2H3;1H. The minimum absolute atomic E-state index is 0. The van der Waals surface area contributed by atoms with Crippen molar-refractivity contribution < 1.29 is 12.8 Å². The first kappa shape index (κ1) is 17.7. The molecule has 2 aliphatic heterocycles.